The molecule has 5 rings (SSSR count). The van der Waals surface area contributed by atoms with Crippen LogP contribution in [0, 0.1) is 5.82 Å². The Morgan fingerprint density at radius 3 is 2.70 bits per heavy atom. The number of nitrogens with zero attached hydrogens (tertiary/aromatic N) is 2. The minimum atomic E-state index is -0.804. The molecule has 0 bridgehead atoms. The van der Waals surface area contributed by atoms with Gasteiger partial charge in [-0.3, -0.25) is 14.6 Å². The Kier molecular flexibility index (Phi) is 5.43. The highest BCUT2D eigenvalue weighted by atomic mass is 35.5. The molecule has 33 heavy (non-hydrogen) atoms. The van der Waals surface area contributed by atoms with E-state index >= 15 is 0 Å². The topological polar surface area (TPSA) is 61.8 Å². The molecule has 5 nitrogen and oxygen atoms in total. The van der Waals surface area contributed by atoms with E-state index in [0.29, 0.717) is 34.0 Å². The maximum Gasteiger partial charge on any atom is 0.249 e. The zero-order chi connectivity index (χ0) is 23.3. The highest BCUT2D eigenvalue weighted by Crippen LogP contribution is 2.33. The Hall–Kier alpha value is -3.22. The van der Waals surface area contributed by atoms with Crippen molar-refractivity contribution in [2.45, 2.75) is 18.9 Å². The number of aliphatic imine (C=N–C) groups is 1. The van der Waals surface area contributed by atoms with E-state index in [1.54, 1.807) is 36.2 Å². The first-order valence-electron chi connectivity index (χ1n) is 10.3. The Morgan fingerprint density at radius 2 is 1.91 bits per heavy atom. The lowest BCUT2D eigenvalue weighted by Gasteiger charge is -2.15. The van der Waals surface area contributed by atoms with Gasteiger partial charge >= 0.3 is 0 Å². The lowest BCUT2D eigenvalue weighted by molar-refractivity contribution is -0.118. The van der Waals surface area contributed by atoms with Gasteiger partial charge in [0, 0.05) is 40.3 Å². The molecular formula is C25H18Cl2FN3O2. The number of anilines is 2. The molecule has 3 aromatic rings. The van der Waals surface area contributed by atoms with Gasteiger partial charge in [-0.05, 0) is 47.5 Å². The number of halogens is 3. The normalized spacial score (nSPS) is 17.3. The number of nitrogens with one attached hydrogen (secondary N) is 1. The van der Waals surface area contributed by atoms with Crippen molar-refractivity contribution in [2.75, 3.05) is 17.3 Å². The van der Waals surface area contributed by atoms with Crippen LogP contribution in [-0.4, -0.2) is 30.6 Å². The van der Waals surface area contributed by atoms with Gasteiger partial charge in [-0.15, -0.1) is 0 Å². The monoisotopic (exact) mass is 481 g/mol. The maximum absolute atomic E-state index is 13.5. The van der Waals surface area contributed by atoms with Gasteiger partial charge in [-0.1, -0.05) is 41.4 Å². The van der Waals surface area contributed by atoms with Gasteiger partial charge in [0.1, 0.15) is 11.9 Å². The van der Waals surface area contributed by atoms with Crippen molar-refractivity contribution >= 4 is 52.1 Å². The third-order valence-electron chi connectivity index (χ3n) is 5.95. The molecule has 2 amide bonds. The highest BCUT2D eigenvalue weighted by Gasteiger charge is 2.29. The van der Waals surface area contributed by atoms with Crippen LogP contribution in [0.15, 0.2) is 59.6 Å². The summed E-state index contributed by atoms with van der Waals surface area (Å²) in [6.45, 7) is 0. The third-order valence-corrected chi connectivity index (χ3v) is 6.53. The number of carbonyl (C=O) groups excluding carboxylic acids is 2. The molecule has 0 saturated carbocycles. The number of benzene rings is 3. The molecule has 1 unspecified atom stereocenters. The molecule has 3 aromatic carbocycles. The average Bonchev–Trinajstić information content (AvgIpc) is 2.98. The smallest absolute Gasteiger partial charge is 0.249 e. The van der Waals surface area contributed by atoms with Crippen LogP contribution in [0.5, 0.6) is 0 Å². The van der Waals surface area contributed by atoms with Crippen LogP contribution in [-0.2, 0) is 22.4 Å². The van der Waals surface area contributed by atoms with Gasteiger partial charge in [-0.25, -0.2) is 4.39 Å². The summed E-state index contributed by atoms with van der Waals surface area (Å²) in [7, 11) is 1.74. The molecule has 8 heteroatoms. The van der Waals surface area contributed by atoms with Gasteiger partial charge in [0.2, 0.25) is 11.8 Å². The molecule has 0 spiro atoms. The number of benzodiazepines with no additional fused rings is 1. The first kappa shape index (κ1) is 21.6. The minimum absolute atomic E-state index is 0.0223. The summed E-state index contributed by atoms with van der Waals surface area (Å²) >= 11 is 12.5. The standard InChI is InChI=1S/C25H18Cl2FN3O2/c1-31-22-9-15(3-2-14(22)10-23(31)32)24-18-11-16(26)5-7-20(18)30-25(33)21(29-24)8-13-4-6-17(28)12-19(13)27/h2-7,9,11-12,21H,8,10H2,1H3,(H,30,33). The summed E-state index contributed by atoms with van der Waals surface area (Å²) in [6, 6.07) is 14.2. The van der Waals surface area contributed by atoms with Crippen LogP contribution in [0.2, 0.25) is 10.0 Å². The second-order valence-electron chi connectivity index (χ2n) is 8.09. The van der Waals surface area contributed by atoms with Crippen LogP contribution in [0.4, 0.5) is 15.8 Å². The van der Waals surface area contributed by atoms with Gasteiger partial charge in [0.25, 0.3) is 0 Å². The lowest BCUT2D eigenvalue weighted by Crippen LogP contribution is -2.27. The van der Waals surface area contributed by atoms with Gasteiger partial charge in [0.05, 0.1) is 17.8 Å². The Labute approximate surface area is 199 Å². The van der Waals surface area contributed by atoms with E-state index in [1.165, 1.54) is 12.1 Å². The molecule has 166 valence electrons. The van der Waals surface area contributed by atoms with Crippen molar-refractivity contribution in [3.63, 3.8) is 0 Å². The number of hydrogen-bond donors (Lipinski definition) is 1. The van der Waals surface area contributed by atoms with E-state index in [-0.39, 0.29) is 23.3 Å². The lowest BCUT2D eigenvalue weighted by atomic mass is 9.98. The van der Waals surface area contributed by atoms with Crippen LogP contribution in [0.1, 0.15) is 22.3 Å². The first-order valence-corrected chi connectivity index (χ1v) is 11.1. The number of amides is 2. The molecule has 0 aliphatic carbocycles. The zero-order valence-electron chi connectivity index (χ0n) is 17.5. The van der Waals surface area contributed by atoms with E-state index in [0.717, 1.165) is 16.8 Å². The summed E-state index contributed by atoms with van der Waals surface area (Å²) in [5.41, 5.74) is 4.96. The second-order valence-corrected chi connectivity index (χ2v) is 8.93. The SMILES string of the molecule is CN1C(=O)Cc2ccc(C3=NC(Cc4ccc(F)cc4Cl)C(=O)Nc4ccc(Cl)cc43)cc21. The van der Waals surface area contributed by atoms with Crippen LogP contribution in [0.3, 0.4) is 0 Å². The molecule has 0 radical (unpaired) electrons. The summed E-state index contributed by atoms with van der Waals surface area (Å²) < 4.78 is 13.5. The number of fused-ring (bicyclic) bond motifs is 2. The number of rotatable bonds is 3. The fourth-order valence-corrected chi connectivity index (χ4v) is 4.59. The maximum atomic E-state index is 13.5. The van der Waals surface area contributed by atoms with Crippen molar-refractivity contribution in [2.24, 2.45) is 4.99 Å². The zero-order valence-corrected chi connectivity index (χ0v) is 19.0. The van der Waals surface area contributed by atoms with Crippen LogP contribution < -0.4 is 10.2 Å². The van der Waals surface area contributed by atoms with Gasteiger partial charge in [0.15, 0.2) is 0 Å². The quantitative estimate of drug-likeness (QED) is 0.568. The van der Waals surface area contributed by atoms with Crippen molar-refractivity contribution in [1.29, 1.82) is 0 Å². The molecule has 0 aromatic heterocycles. The van der Waals surface area contributed by atoms with Crippen LogP contribution in [0.25, 0.3) is 0 Å². The summed E-state index contributed by atoms with van der Waals surface area (Å²) in [4.78, 5) is 31.7. The Bertz CT molecular complexity index is 1360. The molecule has 0 fully saturated rings. The summed E-state index contributed by atoms with van der Waals surface area (Å²) in [5, 5.41) is 3.67. The average molecular weight is 482 g/mol. The first-order chi connectivity index (χ1) is 15.8. The highest BCUT2D eigenvalue weighted by molar-refractivity contribution is 6.32. The fraction of sp³-hybridized carbons (Fsp3) is 0.160. The fourth-order valence-electron chi connectivity index (χ4n) is 4.17. The van der Waals surface area contributed by atoms with Crippen molar-refractivity contribution < 1.29 is 14.0 Å². The van der Waals surface area contributed by atoms with E-state index in [9.17, 15) is 14.0 Å². The number of likely N-dealkylation sites (N-methyl/N-ethyl adjacent to an activating group) is 1. The summed E-state index contributed by atoms with van der Waals surface area (Å²) in [6.07, 6.45) is 0.548. The second kappa shape index (κ2) is 8.28. The van der Waals surface area contributed by atoms with Gasteiger partial charge < -0.3 is 10.2 Å². The largest absolute Gasteiger partial charge is 0.324 e. The van der Waals surface area contributed by atoms with Crippen molar-refractivity contribution in [1.82, 2.24) is 0 Å². The molecular weight excluding hydrogens is 464 g/mol. The van der Waals surface area contributed by atoms with E-state index in [2.05, 4.69) is 5.32 Å². The predicted molar refractivity (Wildman–Crippen MR) is 128 cm³/mol. The molecule has 2 aliphatic heterocycles. The molecule has 0 saturated heterocycles. The number of hydrogen-bond acceptors (Lipinski definition) is 3. The van der Waals surface area contributed by atoms with Crippen molar-refractivity contribution in [3.8, 4) is 0 Å². The molecule has 2 aliphatic rings. The Morgan fingerprint density at radius 1 is 1.09 bits per heavy atom. The third kappa shape index (κ3) is 4.01. The molecule has 1 atom stereocenters. The molecule has 1 N–H and O–H groups in total. The van der Waals surface area contributed by atoms with E-state index in [1.807, 2.05) is 18.2 Å². The predicted octanol–water partition coefficient (Wildman–Crippen LogP) is 5.05. The van der Waals surface area contributed by atoms with Gasteiger partial charge in [-0.2, -0.15) is 0 Å². The number of carbonyl (C=O) groups is 2. The minimum Gasteiger partial charge on any atom is -0.324 e. The molecule has 2 heterocycles. The van der Waals surface area contributed by atoms with E-state index in [4.69, 9.17) is 28.2 Å². The van der Waals surface area contributed by atoms with E-state index < -0.39 is 11.9 Å². The van der Waals surface area contributed by atoms with Crippen molar-refractivity contribution in [3.05, 3.63) is 92.7 Å². The summed E-state index contributed by atoms with van der Waals surface area (Å²) in [5.74, 6) is -0.728. The Balaban J connectivity index is 1.64. The van der Waals surface area contributed by atoms with Crippen LogP contribution >= 0.6 is 23.2 Å².